The van der Waals surface area contributed by atoms with Gasteiger partial charge in [-0.15, -0.1) is 6.42 Å². The quantitative estimate of drug-likeness (QED) is 0.817. The van der Waals surface area contributed by atoms with E-state index in [0.29, 0.717) is 18.4 Å². The van der Waals surface area contributed by atoms with Crippen molar-refractivity contribution in [2.24, 2.45) is 0 Å². The van der Waals surface area contributed by atoms with Crippen LogP contribution < -0.4 is 4.74 Å². The summed E-state index contributed by atoms with van der Waals surface area (Å²) in [6, 6.07) is 14.9. The highest BCUT2D eigenvalue weighted by Gasteiger charge is 2.48. The minimum atomic E-state index is -0.954. The van der Waals surface area contributed by atoms with Crippen LogP contribution in [-0.4, -0.2) is 28.7 Å². The molecule has 3 nitrogen and oxygen atoms in total. The third-order valence-corrected chi connectivity index (χ3v) is 5.92. The fourth-order valence-electron chi connectivity index (χ4n) is 4.68. The number of rotatable bonds is 5. The van der Waals surface area contributed by atoms with Crippen LogP contribution in [0.5, 0.6) is 5.75 Å². The Kier molecular flexibility index (Phi) is 4.90. The van der Waals surface area contributed by atoms with Crippen LogP contribution in [0.1, 0.15) is 36.8 Å². The molecule has 0 saturated carbocycles. The molecule has 0 amide bonds. The fourth-order valence-corrected chi connectivity index (χ4v) is 4.68. The number of aliphatic hydroxyl groups is 1. The number of hydrogen-bond donors (Lipinski definition) is 1. The second kappa shape index (κ2) is 7.34. The van der Waals surface area contributed by atoms with Crippen molar-refractivity contribution in [3.8, 4) is 18.1 Å². The summed E-state index contributed by atoms with van der Waals surface area (Å²) in [6.07, 6.45) is 8.67. The molecule has 2 bridgehead atoms. The molecule has 0 spiro atoms. The van der Waals surface area contributed by atoms with Gasteiger partial charge in [0.1, 0.15) is 18.2 Å². The van der Waals surface area contributed by atoms with Crippen LogP contribution >= 0.6 is 0 Å². The third-order valence-electron chi connectivity index (χ3n) is 5.92. The van der Waals surface area contributed by atoms with Gasteiger partial charge in [-0.2, -0.15) is 0 Å². The van der Waals surface area contributed by atoms with Crippen molar-refractivity contribution in [1.82, 2.24) is 4.90 Å². The minimum Gasteiger partial charge on any atom is -0.481 e. The van der Waals surface area contributed by atoms with E-state index in [0.717, 1.165) is 30.7 Å². The molecule has 0 radical (unpaired) electrons. The number of fused-ring (bicyclic) bond motifs is 2. The van der Waals surface area contributed by atoms with Crippen LogP contribution in [0, 0.1) is 18.2 Å². The first kappa shape index (κ1) is 18.0. The van der Waals surface area contributed by atoms with Crippen molar-refractivity contribution < 1.29 is 14.2 Å². The van der Waals surface area contributed by atoms with Gasteiger partial charge in [-0.25, -0.2) is 4.39 Å². The number of nitrogens with zero attached hydrogens (tertiary/aromatic N) is 1. The van der Waals surface area contributed by atoms with Gasteiger partial charge in [-0.3, -0.25) is 4.90 Å². The lowest BCUT2D eigenvalue weighted by atomic mass is 9.80. The highest BCUT2D eigenvalue weighted by atomic mass is 19.1. The van der Waals surface area contributed by atoms with Gasteiger partial charge in [0.15, 0.2) is 0 Å². The number of terminal acetylenes is 1. The molecule has 4 rings (SSSR count). The van der Waals surface area contributed by atoms with E-state index in [1.54, 1.807) is 6.07 Å². The van der Waals surface area contributed by atoms with Crippen LogP contribution in [0.4, 0.5) is 4.39 Å². The first-order valence-electron chi connectivity index (χ1n) is 9.47. The van der Waals surface area contributed by atoms with Crippen LogP contribution in [0.15, 0.2) is 48.5 Å². The monoisotopic (exact) mass is 365 g/mol. The normalized spacial score (nSPS) is 27.3. The first-order chi connectivity index (χ1) is 13.1. The molecule has 0 aliphatic carbocycles. The number of benzene rings is 2. The van der Waals surface area contributed by atoms with E-state index < -0.39 is 5.60 Å². The van der Waals surface area contributed by atoms with E-state index in [1.807, 2.05) is 24.3 Å². The van der Waals surface area contributed by atoms with Gasteiger partial charge in [0.05, 0.1) is 5.60 Å². The second-order valence-electron chi connectivity index (χ2n) is 7.61. The molecule has 2 aliphatic heterocycles. The Morgan fingerprint density at radius 1 is 1.15 bits per heavy atom. The number of halogens is 1. The zero-order valence-electron chi connectivity index (χ0n) is 15.3. The standard InChI is InChI=1S/C23H24FNO2/c1-2-12-27-22-9-4-3-6-17(22)16-25-20-10-11-21(25)15-23(26,14-20)18-7-5-8-19(24)13-18/h1,3-9,13,20-21,26H,10-12,14-16H2/t20-,21+,23?. The van der Waals surface area contributed by atoms with Gasteiger partial charge in [0, 0.05) is 24.2 Å². The Bertz CT molecular complexity index is 845. The molecule has 2 aromatic carbocycles. The number of ether oxygens (including phenoxy) is 1. The van der Waals surface area contributed by atoms with Crippen LogP contribution in [-0.2, 0) is 12.1 Å². The Morgan fingerprint density at radius 3 is 2.59 bits per heavy atom. The van der Waals surface area contributed by atoms with Gasteiger partial charge >= 0.3 is 0 Å². The summed E-state index contributed by atoms with van der Waals surface area (Å²) in [5.74, 6) is 3.04. The van der Waals surface area contributed by atoms with Gasteiger partial charge in [-0.05, 0) is 49.4 Å². The molecule has 2 heterocycles. The molecule has 1 unspecified atom stereocenters. The summed E-state index contributed by atoms with van der Waals surface area (Å²) in [4.78, 5) is 2.46. The summed E-state index contributed by atoms with van der Waals surface area (Å²) >= 11 is 0. The molecule has 27 heavy (non-hydrogen) atoms. The average molecular weight is 365 g/mol. The maximum atomic E-state index is 13.7. The molecular weight excluding hydrogens is 341 g/mol. The average Bonchev–Trinajstić information content (AvgIpc) is 2.91. The summed E-state index contributed by atoms with van der Waals surface area (Å²) < 4.78 is 19.4. The number of piperidine rings is 1. The van der Waals surface area contributed by atoms with Crippen molar-refractivity contribution in [1.29, 1.82) is 0 Å². The Morgan fingerprint density at radius 2 is 1.89 bits per heavy atom. The first-order valence-corrected chi connectivity index (χ1v) is 9.47. The second-order valence-corrected chi connectivity index (χ2v) is 7.61. The SMILES string of the molecule is C#CCOc1ccccc1CN1[C@@H]2CC[C@H]1CC(O)(c1cccc(F)c1)C2. The molecule has 1 N–H and O–H groups in total. The molecule has 3 atom stereocenters. The lowest BCUT2D eigenvalue weighted by molar-refractivity contribution is -0.0598. The summed E-state index contributed by atoms with van der Waals surface area (Å²) in [6.45, 7) is 1.03. The smallest absolute Gasteiger partial charge is 0.148 e. The van der Waals surface area contributed by atoms with Crippen LogP contribution in [0.2, 0.25) is 0 Å². The molecule has 4 heteroatoms. The third kappa shape index (κ3) is 3.58. The number of para-hydroxylation sites is 1. The Hall–Kier alpha value is -2.35. The predicted octanol–water partition coefficient (Wildman–Crippen LogP) is 3.85. The van der Waals surface area contributed by atoms with E-state index >= 15 is 0 Å². The lowest BCUT2D eigenvalue weighted by Gasteiger charge is -2.44. The fraction of sp³-hybridized carbons (Fsp3) is 0.391. The summed E-state index contributed by atoms with van der Waals surface area (Å²) in [5, 5.41) is 11.3. The molecule has 2 saturated heterocycles. The maximum absolute atomic E-state index is 13.7. The zero-order chi connectivity index (χ0) is 18.9. The van der Waals surface area contributed by atoms with Gasteiger partial charge in [-0.1, -0.05) is 36.3 Å². The van der Waals surface area contributed by atoms with E-state index in [2.05, 4.69) is 16.9 Å². The Balaban J connectivity index is 1.53. The molecule has 2 aliphatic rings. The van der Waals surface area contributed by atoms with Crippen LogP contribution in [0.3, 0.4) is 0 Å². The van der Waals surface area contributed by atoms with E-state index in [4.69, 9.17) is 11.2 Å². The lowest BCUT2D eigenvalue weighted by Crippen LogP contribution is -2.49. The summed E-state index contributed by atoms with van der Waals surface area (Å²) in [5.41, 5.74) is 0.849. The van der Waals surface area contributed by atoms with E-state index in [1.165, 1.54) is 12.1 Å². The Labute approximate surface area is 159 Å². The van der Waals surface area contributed by atoms with Crippen molar-refractivity contribution >= 4 is 0 Å². The van der Waals surface area contributed by atoms with E-state index in [9.17, 15) is 9.50 Å². The van der Waals surface area contributed by atoms with Gasteiger partial charge in [0.25, 0.3) is 0 Å². The van der Waals surface area contributed by atoms with Crippen LogP contribution in [0.25, 0.3) is 0 Å². The highest BCUT2D eigenvalue weighted by Crippen LogP contribution is 2.46. The molecule has 2 fully saturated rings. The topological polar surface area (TPSA) is 32.7 Å². The number of hydrogen-bond acceptors (Lipinski definition) is 3. The van der Waals surface area contributed by atoms with Gasteiger partial charge < -0.3 is 9.84 Å². The maximum Gasteiger partial charge on any atom is 0.148 e. The zero-order valence-corrected chi connectivity index (χ0v) is 15.3. The predicted molar refractivity (Wildman–Crippen MR) is 103 cm³/mol. The van der Waals surface area contributed by atoms with Crippen molar-refractivity contribution in [3.63, 3.8) is 0 Å². The van der Waals surface area contributed by atoms with E-state index in [-0.39, 0.29) is 24.5 Å². The molecular formula is C23H24FNO2. The minimum absolute atomic E-state index is 0.253. The molecule has 0 aromatic heterocycles. The molecule has 140 valence electrons. The highest BCUT2D eigenvalue weighted by molar-refractivity contribution is 5.34. The summed E-state index contributed by atoms with van der Waals surface area (Å²) in [7, 11) is 0. The van der Waals surface area contributed by atoms with Crippen molar-refractivity contribution in [2.45, 2.75) is 49.9 Å². The van der Waals surface area contributed by atoms with Crippen molar-refractivity contribution in [2.75, 3.05) is 6.61 Å². The molecule has 2 aromatic rings. The largest absolute Gasteiger partial charge is 0.481 e. The van der Waals surface area contributed by atoms with Gasteiger partial charge in [0.2, 0.25) is 0 Å². The van der Waals surface area contributed by atoms with Crippen molar-refractivity contribution in [3.05, 3.63) is 65.5 Å².